The Kier molecular flexibility index (Phi) is 4.14. The number of hydrogen-bond acceptors (Lipinski definition) is 7. The molecule has 1 aliphatic heterocycles. The molecule has 9 nitrogen and oxygen atoms in total. The van der Waals surface area contributed by atoms with Crippen LogP contribution in [0, 0.1) is 0 Å². The van der Waals surface area contributed by atoms with Crippen LogP contribution >= 0.6 is 0 Å². The molecule has 1 aromatic heterocycles. The van der Waals surface area contributed by atoms with Gasteiger partial charge in [0.15, 0.2) is 6.23 Å². The third kappa shape index (κ3) is 2.70. The van der Waals surface area contributed by atoms with Crippen LogP contribution in [0.3, 0.4) is 0 Å². The molecule has 2 heterocycles. The van der Waals surface area contributed by atoms with E-state index in [9.17, 15) is 19.8 Å². The first-order valence-corrected chi connectivity index (χ1v) is 5.93. The summed E-state index contributed by atoms with van der Waals surface area (Å²) in [7, 11) is 0. The Labute approximate surface area is 113 Å². The molecule has 1 saturated heterocycles. The molecule has 0 aliphatic carbocycles. The zero-order valence-corrected chi connectivity index (χ0v) is 10.6. The average Bonchev–Trinajstić information content (AvgIpc) is 2.66. The highest BCUT2D eigenvalue weighted by atomic mass is 16.6. The monoisotopic (exact) mass is 285 g/mol. The first-order valence-electron chi connectivity index (χ1n) is 5.93. The predicted octanol–water partition coefficient (Wildman–Crippen LogP) is -2.19. The van der Waals surface area contributed by atoms with E-state index in [2.05, 4.69) is 10.3 Å². The van der Waals surface area contributed by atoms with Gasteiger partial charge in [-0.3, -0.25) is 9.36 Å². The number of nitrogens with zero attached hydrogens (tertiary/aromatic N) is 2. The Morgan fingerprint density at radius 2 is 2.20 bits per heavy atom. The summed E-state index contributed by atoms with van der Waals surface area (Å²) in [6.07, 6.45) is -3.50. The highest BCUT2D eigenvalue weighted by molar-refractivity contribution is 5.87. The topological polar surface area (TPSA) is 134 Å². The number of anilines is 1. The van der Waals surface area contributed by atoms with Gasteiger partial charge in [-0.25, -0.2) is 4.79 Å². The maximum absolute atomic E-state index is 11.8. The molecule has 0 saturated carbocycles. The van der Waals surface area contributed by atoms with Gasteiger partial charge in [-0.2, -0.15) is 4.98 Å². The van der Waals surface area contributed by atoms with E-state index >= 15 is 0 Å². The number of carbonyl (C=O) groups is 1. The Bertz CT molecular complexity index is 559. The first kappa shape index (κ1) is 14.6. The number of ether oxygens (including phenoxy) is 1. The standard InChI is InChI=1S/C11H15N3O6/c1-5(16)12-7-2-3-14(11(19)13-7)10-9(18)8(17)6(4-15)20-10/h2-3,6,8-10,15,17-18H,4H2,1H3,(H,12,13,16,19)/t6-,8-,9-,10?/m1/s1. The van der Waals surface area contributed by atoms with Crippen molar-refractivity contribution in [1.29, 1.82) is 0 Å². The van der Waals surface area contributed by atoms with E-state index in [0.717, 1.165) is 4.57 Å². The normalized spacial score (nSPS) is 29.4. The van der Waals surface area contributed by atoms with Crippen LogP contribution in [0.5, 0.6) is 0 Å². The van der Waals surface area contributed by atoms with Crippen molar-refractivity contribution in [3.05, 3.63) is 22.7 Å². The number of amides is 1. The molecule has 4 atom stereocenters. The van der Waals surface area contributed by atoms with Crippen molar-refractivity contribution in [3.8, 4) is 0 Å². The minimum absolute atomic E-state index is 0.0745. The maximum atomic E-state index is 11.8. The van der Waals surface area contributed by atoms with Crippen LogP contribution in [-0.2, 0) is 9.53 Å². The lowest BCUT2D eigenvalue weighted by molar-refractivity contribution is -0.114. The van der Waals surface area contributed by atoms with Crippen LogP contribution in [0.2, 0.25) is 0 Å². The first-order chi connectivity index (χ1) is 9.43. The molecule has 0 radical (unpaired) electrons. The van der Waals surface area contributed by atoms with Crippen LogP contribution in [0.1, 0.15) is 13.2 Å². The van der Waals surface area contributed by atoms with Gasteiger partial charge in [0.2, 0.25) is 5.91 Å². The summed E-state index contributed by atoms with van der Waals surface area (Å²) < 4.78 is 6.19. The minimum Gasteiger partial charge on any atom is -0.394 e. The zero-order chi connectivity index (χ0) is 14.9. The maximum Gasteiger partial charge on any atom is 0.351 e. The summed E-state index contributed by atoms with van der Waals surface area (Å²) in [4.78, 5) is 26.3. The fraction of sp³-hybridized carbons (Fsp3) is 0.545. The molecule has 1 aromatic rings. The molecule has 9 heteroatoms. The number of aliphatic hydroxyl groups excluding tert-OH is 3. The molecule has 1 amide bonds. The lowest BCUT2D eigenvalue weighted by Crippen LogP contribution is -2.36. The molecular formula is C11H15N3O6. The Morgan fingerprint density at radius 3 is 2.70 bits per heavy atom. The van der Waals surface area contributed by atoms with Crippen LogP contribution < -0.4 is 11.0 Å². The Hall–Kier alpha value is -1.81. The molecule has 0 spiro atoms. The third-order valence-electron chi connectivity index (χ3n) is 2.93. The molecule has 0 aromatic carbocycles. The van der Waals surface area contributed by atoms with Crippen LogP contribution in [-0.4, -0.2) is 55.7 Å². The molecule has 1 aliphatic rings. The average molecular weight is 285 g/mol. The highest BCUT2D eigenvalue weighted by Gasteiger charge is 2.43. The lowest BCUT2D eigenvalue weighted by atomic mass is 10.1. The number of rotatable bonds is 3. The van der Waals surface area contributed by atoms with Gasteiger partial charge < -0.3 is 25.4 Å². The van der Waals surface area contributed by atoms with E-state index in [4.69, 9.17) is 9.84 Å². The third-order valence-corrected chi connectivity index (χ3v) is 2.93. The fourth-order valence-electron chi connectivity index (χ4n) is 1.97. The van der Waals surface area contributed by atoms with Crippen molar-refractivity contribution < 1.29 is 24.9 Å². The number of aromatic nitrogens is 2. The largest absolute Gasteiger partial charge is 0.394 e. The fourth-order valence-corrected chi connectivity index (χ4v) is 1.97. The zero-order valence-electron chi connectivity index (χ0n) is 10.6. The highest BCUT2D eigenvalue weighted by Crippen LogP contribution is 2.27. The van der Waals surface area contributed by atoms with Crippen molar-refractivity contribution in [3.63, 3.8) is 0 Å². The molecule has 0 bridgehead atoms. The summed E-state index contributed by atoms with van der Waals surface area (Å²) in [6.45, 7) is 0.792. The molecule has 4 N–H and O–H groups in total. The lowest BCUT2D eigenvalue weighted by Gasteiger charge is -2.17. The van der Waals surface area contributed by atoms with Crippen LogP contribution in [0.25, 0.3) is 0 Å². The van der Waals surface area contributed by atoms with E-state index in [1.807, 2.05) is 0 Å². The second kappa shape index (κ2) is 5.67. The molecule has 1 fully saturated rings. The van der Waals surface area contributed by atoms with Crippen molar-refractivity contribution in [2.45, 2.75) is 31.5 Å². The number of hydrogen-bond donors (Lipinski definition) is 4. The summed E-state index contributed by atoms with van der Waals surface area (Å²) in [5.41, 5.74) is -0.758. The van der Waals surface area contributed by atoms with Gasteiger partial charge in [0, 0.05) is 13.1 Å². The molecule has 20 heavy (non-hydrogen) atoms. The number of aliphatic hydroxyl groups is 3. The van der Waals surface area contributed by atoms with Gasteiger partial charge in [-0.05, 0) is 6.07 Å². The molecular weight excluding hydrogens is 270 g/mol. The van der Waals surface area contributed by atoms with E-state index in [1.54, 1.807) is 0 Å². The Morgan fingerprint density at radius 1 is 1.50 bits per heavy atom. The SMILES string of the molecule is CC(=O)Nc1ccn(C2O[C@H](CO)[C@@H](O)[C@H]2O)c(=O)n1. The second-order valence-corrected chi connectivity index (χ2v) is 4.41. The number of carbonyl (C=O) groups excluding carboxylic acids is 1. The van der Waals surface area contributed by atoms with Gasteiger partial charge in [0.1, 0.15) is 24.1 Å². The number of nitrogens with one attached hydrogen (secondary N) is 1. The van der Waals surface area contributed by atoms with Crippen molar-refractivity contribution in [1.82, 2.24) is 9.55 Å². The smallest absolute Gasteiger partial charge is 0.351 e. The molecule has 2 rings (SSSR count). The van der Waals surface area contributed by atoms with Gasteiger partial charge in [-0.15, -0.1) is 0 Å². The van der Waals surface area contributed by atoms with E-state index in [0.29, 0.717) is 0 Å². The van der Waals surface area contributed by atoms with Crippen molar-refractivity contribution in [2.24, 2.45) is 0 Å². The minimum atomic E-state index is -1.36. The van der Waals surface area contributed by atoms with Crippen LogP contribution in [0.4, 0.5) is 5.82 Å². The quantitative estimate of drug-likeness (QED) is 0.495. The summed E-state index contributed by atoms with van der Waals surface area (Å²) >= 11 is 0. The molecule has 1 unspecified atom stereocenters. The van der Waals surface area contributed by atoms with Crippen molar-refractivity contribution >= 4 is 11.7 Å². The predicted molar refractivity (Wildman–Crippen MR) is 65.8 cm³/mol. The second-order valence-electron chi connectivity index (χ2n) is 4.41. The summed E-state index contributed by atoms with van der Waals surface area (Å²) in [5, 5.41) is 30.8. The van der Waals surface area contributed by atoms with Crippen molar-refractivity contribution in [2.75, 3.05) is 11.9 Å². The summed E-state index contributed by atoms with van der Waals surface area (Å²) in [5.74, 6) is -0.298. The van der Waals surface area contributed by atoms with Gasteiger partial charge in [0.05, 0.1) is 6.61 Å². The summed E-state index contributed by atoms with van der Waals surface area (Å²) in [6, 6.07) is 1.36. The van der Waals surface area contributed by atoms with E-state index < -0.39 is 36.8 Å². The van der Waals surface area contributed by atoms with E-state index in [-0.39, 0.29) is 11.7 Å². The molecule has 110 valence electrons. The van der Waals surface area contributed by atoms with Gasteiger partial charge in [-0.1, -0.05) is 0 Å². The Balaban J connectivity index is 2.26. The van der Waals surface area contributed by atoms with Crippen LogP contribution in [0.15, 0.2) is 17.1 Å². The van der Waals surface area contributed by atoms with Gasteiger partial charge in [0.25, 0.3) is 0 Å². The van der Waals surface area contributed by atoms with E-state index in [1.165, 1.54) is 19.2 Å². The van der Waals surface area contributed by atoms with Gasteiger partial charge >= 0.3 is 5.69 Å².